The van der Waals surface area contributed by atoms with Gasteiger partial charge in [0.25, 0.3) is 5.91 Å². The lowest BCUT2D eigenvalue weighted by Gasteiger charge is -2.12. The first kappa shape index (κ1) is 17.6. The first-order valence-electron chi connectivity index (χ1n) is 6.98. The molecule has 0 unspecified atom stereocenters. The van der Waals surface area contributed by atoms with Crippen LogP contribution >= 0.6 is 15.9 Å². The molecular weight excluding hydrogens is 372 g/mol. The van der Waals surface area contributed by atoms with E-state index in [1.54, 1.807) is 36.4 Å². The third kappa shape index (κ3) is 4.61. The molecule has 0 atom stereocenters. The van der Waals surface area contributed by atoms with E-state index in [1.807, 2.05) is 6.07 Å². The van der Waals surface area contributed by atoms with Crippen LogP contribution in [0.1, 0.15) is 15.9 Å². The molecule has 1 amide bonds. The fourth-order valence-corrected chi connectivity index (χ4v) is 2.37. The number of nitrogens with zero attached hydrogens (tertiary/aromatic N) is 1. The summed E-state index contributed by atoms with van der Waals surface area (Å²) in [6.07, 6.45) is 6.71. The summed E-state index contributed by atoms with van der Waals surface area (Å²) in [5.74, 6) is 3.06. The van der Waals surface area contributed by atoms with Crippen molar-refractivity contribution in [3.63, 3.8) is 0 Å². The zero-order valence-electron chi connectivity index (χ0n) is 13.0. The van der Waals surface area contributed by atoms with Gasteiger partial charge in [-0.15, -0.1) is 6.42 Å². The minimum Gasteiger partial charge on any atom is -0.493 e. The number of ether oxygens (including phenoxy) is 2. The van der Waals surface area contributed by atoms with Gasteiger partial charge in [0.1, 0.15) is 6.61 Å². The minimum atomic E-state index is -0.306. The number of rotatable bonds is 6. The molecule has 0 aliphatic carbocycles. The fourth-order valence-electron chi connectivity index (χ4n) is 1.92. The lowest BCUT2D eigenvalue weighted by molar-refractivity contribution is 0.0955. The number of nitrogens with one attached hydrogen (secondary N) is 1. The predicted octanol–water partition coefficient (Wildman–Crippen LogP) is 3.23. The average Bonchev–Trinajstić information content (AvgIpc) is 2.61. The standard InChI is InChI=1S/C18H15BrN2O3/c1-3-9-24-17-14(10-15(19)11-16(17)23-2)12-20-21-18(22)13-7-5-4-6-8-13/h1,4-8,10-12H,9H2,2H3,(H,21,22)/b20-12-. The van der Waals surface area contributed by atoms with Crippen molar-refractivity contribution in [2.45, 2.75) is 0 Å². The van der Waals surface area contributed by atoms with Crippen LogP contribution in [-0.4, -0.2) is 25.8 Å². The smallest absolute Gasteiger partial charge is 0.271 e. The Morgan fingerprint density at radius 3 is 2.79 bits per heavy atom. The molecule has 0 spiro atoms. The van der Waals surface area contributed by atoms with Crippen LogP contribution in [0.25, 0.3) is 0 Å². The second-order valence-electron chi connectivity index (χ2n) is 4.58. The van der Waals surface area contributed by atoms with E-state index in [2.05, 4.69) is 32.4 Å². The summed E-state index contributed by atoms with van der Waals surface area (Å²) in [4.78, 5) is 12.0. The maximum atomic E-state index is 12.0. The number of methoxy groups -OCH3 is 1. The van der Waals surface area contributed by atoms with Crippen LogP contribution in [0, 0.1) is 12.3 Å². The normalized spacial score (nSPS) is 10.2. The highest BCUT2D eigenvalue weighted by Gasteiger charge is 2.11. The van der Waals surface area contributed by atoms with E-state index in [4.69, 9.17) is 15.9 Å². The first-order chi connectivity index (χ1) is 11.7. The SMILES string of the molecule is C#CCOc1c(/C=N\NC(=O)c2ccccc2)cc(Br)cc1OC. The summed E-state index contributed by atoms with van der Waals surface area (Å²) >= 11 is 3.39. The number of hydrogen-bond acceptors (Lipinski definition) is 4. The van der Waals surface area contributed by atoms with Crippen LogP contribution in [0.3, 0.4) is 0 Å². The molecule has 0 aromatic heterocycles. The van der Waals surface area contributed by atoms with E-state index in [9.17, 15) is 4.79 Å². The van der Waals surface area contributed by atoms with Crippen molar-refractivity contribution in [2.75, 3.05) is 13.7 Å². The molecule has 24 heavy (non-hydrogen) atoms. The van der Waals surface area contributed by atoms with E-state index in [1.165, 1.54) is 13.3 Å². The maximum absolute atomic E-state index is 12.0. The molecule has 6 heteroatoms. The van der Waals surface area contributed by atoms with Crippen LogP contribution in [0.15, 0.2) is 52.0 Å². The molecule has 0 fully saturated rings. The van der Waals surface area contributed by atoms with Crippen molar-refractivity contribution >= 4 is 28.1 Å². The average molecular weight is 387 g/mol. The molecule has 1 N–H and O–H groups in total. The number of benzene rings is 2. The summed E-state index contributed by atoms with van der Waals surface area (Å²) < 4.78 is 11.6. The van der Waals surface area contributed by atoms with Gasteiger partial charge in [0, 0.05) is 15.6 Å². The van der Waals surface area contributed by atoms with Crippen molar-refractivity contribution in [1.29, 1.82) is 0 Å². The Labute approximate surface area is 148 Å². The Hall–Kier alpha value is -2.78. The number of hydrogen-bond donors (Lipinski definition) is 1. The zero-order valence-corrected chi connectivity index (χ0v) is 14.5. The molecule has 5 nitrogen and oxygen atoms in total. The lowest BCUT2D eigenvalue weighted by atomic mass is 10.2. The fraction of sp³-hybridized carbons (Fsp3) is 0.111. The molecule has 0 bridgehead atoms. The van der Waals surface area contributed by atoms with Gasteiger partial charge in [-0.25, -0.2) is 5.43 Å². The number of amides is 1. The van der Waals surface area contributed by atoms with Gasteiger partial charge < -0.3 is 9.47 Å². The predicted molar refractivity (Wildman–Crippen MR) is 96.5 cm³/mol. The largest absolute Gasteiger partial charge is 0.493 e. The monoisotopic (exact) mass is 386 g/mol. The van der Waals surface area contributed by atoms with Crippen molar-refractivity contribution < 1.29 is 14.3 Å². The highest BCUT2D eigenvalue weighted by atomic mass is 79.9. The van der Waals surface area contributed by atoms with Gasteiger partial charge in [0.05, 0.1) is 13.3 Å². The molecule has 0 saturated heterocycles. The van der Waals surface area contributed by atoms with Gasteiger partial charge in [-0.05, 0) is 24.3 Å². The summed E-state index contributed by atoms with van der Waals surface area (Å²) in [5, 5.41) is 3.97. The van der Waals surface area contributed by atoms with Gasteiger partial charge in [0.15, 0.2) is 11.5 Å². The van der Waals surface area contributed by atoms with Gasteiger partial charge in [0.2, 0.25) is 0 Å². The minimum absolute atomic E-state index is 0.0925. The number of halogens is 1. The van der Waals surface area contributed by atoms with Crippen LogP contribution in [0.2, 0.25) is 0 Å². The zero-order chi connectivity index (χ0) is 17.4. The van der Waals surface area contributed by atoms with Gasteiger partial charge in [-0.1, -0.05) is 40.0 Å². The van der Waals surface area contributed by atoms with E-state index >= 15 is 0 Å². The van der Waals surface area contributed by atoms with Crippen molar-refractivity contribution in [1.82, 2.24) is 5.43 Å². The van der Waals surface area contributed by atoms with Gasteiger partial charge in [-0.3, -0.25) is 4.79 Å². The van der Waals surface area contributed by atoms with E-state index in [0.717, 1.165) is 4.47 Å². The molecule has 0 aliphatic heterocycles. The molecular formula is C18H15BrN2O3. The van der Waals surface area contributed by atoms with Crippen LogP contribution in [0.5, 0.6) is 11.5 Å². The first-order valence-corrected chi connectivity index (χ1v) is 7.77. The Kier molecular flexibility index (Phi) is 6.41. The topological polar surface area (TPSA) is 59.9 Å². The highest BCUT2D eigenvalue weighted by molar-refractivity contribution is 9.10. The van der Waals surface area contributed by atoms with Crippen molar-refractivity contribution in [2.24, 2.45) is 5.10 Å². The summed E-state index contributed by atoms with van der Waals surface area (Å²) in [5.41, 5.74) is 3.60. The Bertz CT molecular complexity index is 783. The van der Waals surface area contributed by atoms with Crippen molar-refractivity contribution in [3.05, 3.63) is 58.1 Å². The van der Waals surface area contributed by atoms with Crippen LogP contribution in [0.4, 0.5) is 0 Å². The maximum Gasteiger partial charge on any atom is 0.271 e. The number of carbonyl (C=O) groups excluding carboxylic acids is 1. The molecule has 2 rings (SSSR count). The van der Waals surface area contributed by atoms with Gasteiger partial charge in [-0.2, -0.15) is 5.10 Å². The Morgan fingerprint density at radius 1 is 1.38 bits per heavy atom. The number of terminal acetylenes is 1. The quantitative estimate of drug-likeness (QED) is 0.470. The second kappa shape index (κ2) is 8.75. The molecule has 122 valence electrons. The Morgan fingerprint density at radius 2 is 2.12 bits per heavy atom. The lowest BCUT2D eigenvalue weighted by Crippen LogP contribution is -2.17. The van der Waals surface area contributed by atoms with E-state index in [-0.39, 0.29) is 12.5 Å². The molecule has 0 aliphatic rings. The van der Waals surface area contributed by atoms with Crippen LogP contribution in [-0.2, 0) is 0 Å². The molecule has 2 aromatic rings. The summed E-state index contributed by atoms with van der Waals surface area (Å²) in [6.45, 7) is 0.0925. The third-order valence-electron chi connectivity index (χ3n) is 2.97. The summed E-state index contributed by atoms with van der Waals surface area (Å²) in [6, 6.07) is 12.3. The number of hydrazone groups is 1. The van der Waals surface area contributed by atoms with Crippen LogP contribution < -0.4 is 14.9 Å². The third-order valence-corrected chi connectivity index (χ3v) is 3.43. The second-order valence-corrected chi connectivity index (χ2v) is 5.50. The number of carbonyl (C=O) groups is 1. The highest BCUT2D eigenvalue weighted by Crippen LogP contribution is 2.33. The molecule has 2 aromatic carbocycles. The van der Waals surface area contributed by atoms with E-state index < -0.39 is 0 Å². The summed E-state index contributed by atoms with van der Waals surface area (Å²) in [7, 11) is 1.53. The van der Waals surface area contributed by atoms with E-state index in [0.29, 0.717) is 22.6 Å². The van der Waals surface area contributed by atoms with Gasteiger partial charge >= 0.3 is 0 Å². The molecule has 0 heterocycles. The van der Waals surface area contributed by atoms with Crippen molar-refractivity contribution in [3.8, 4) is 23.8 Å². The Balaban J connectivity index is 2.20. The molecule has 0 saturated carbocycles. The molecule has 0 radical (unpaired) electrons.